The number of amides is 1. The van der Waals surface area contributed by atoms with Gasteiger partial charge in [-0.15, -0.1) is 11.3 Å². The van der Waals surface area contributed by atoms with Gasteiger partial charge in [0.2, 0.25) is 5.91 Å². The summed E-state index contributed by atoms with van der Waals surface area (Å²) in [5, 5.41) is 4.99. The van der Waals surface area contributed by atoms with Gasteiger partial charge in [-0.25, -0.2) is 9.97 Å². The Balaban J connectivity index is 1.52. The smallest absolute Gasteiger partial charge is 0.224 e. The number of halogens is 1. The first-order valence-corrected chi connectivity index (χ1v) is 10.2. The Labute approximate surface area is 169 Å². The lowest BCUT2D eigenvalue weighted by Gasteiger charge is -2.08. The quantitative estimate of drug-likeness (QED) is 0.464. The average molecular weight is 441 g/mol. The molecule has 1 N–H and O–H groups in total. The highest BCUT2D eigenvalue weighted by molar-refractivity contribution is 9.10. The van der Waals surface area contributed by atoms with Gasteiger partial charge in [-0.05, 0) is 41.8 Å². The van der Waals surface area contributed by atoms with E-state index >= 15 is 0 Å². The van der Waals surface area contributed by atoms with E-state index in [0.717, 1.165) is 27.1 Å². The second kappa shape index (κ2) is 8.02. The molecule has 0 aliphatic heterocycles. The second-order valence-corrected chi connectivity index (χ2v) is 8.05. The fourth-order valence-corrected chi connectivity index (χ4v) is 4.03. The number of pyridine rings is 1. The molecule has 3 heterocycles. The molecule has 0 aliphatic carbocycles. The van der Waals surface area contributed by atoms with Gasteiger partial charge in [-0.1, -0.05) is 28.1 Å². The van der Waals surface area contributed by atoms with Crippen molar-refractivity contribution in [1.82, 2.24) is 14.5 Å². The summed E-state index contributed by atoms with van der Waals surface area (Å²) in [7, 11) is 0. The number of rotatable bonds is 6. The Kier molecular flexibility index (Phi) is 5.31. The number of hydrogen-bond acceptors (Lipinski definition) is 4. The molecule has 7 heteroatoms. The summed E-state index contributed by atoms with van der Waals surface area (Å²) in [4.78, 5) is 22.8. The van der Waals surface area contributed by atoms with Crippen molar-refractivity contribution in [2.24, 2.45) is 0 Å². The molecular weight excluding hydrogens is 424 g/mol. The Hall–Kier alpha value is -2.51. The van der Waals surface area contributed by atoms with Crippen LogP contribution in [0.15, 0.2) is 64.6 Å². The number of benzene rings is 1. The molecule has 0 unspecified atom stereocenters. The van der Waals surface area contributed by atoms with Gasteiger partial charge in [0, 0.05) is 34.1 Å². The number of aryl methyl sites for hydroxylation is 1. The van der Waals surface area contributed by atoms with Crippen LogP contribution in [0.5, 0.6) is 0 Å². The van der Waals surface area contributed by atoms with Gasteiger partial charge in [-0.3, -0.25) is 4.79 Å². The van der Waals surface area contributed by atoms with Crippen LogP contribution in [0.2, 0.25) is 0 Å². The number of thiophene rings is 1. The molecule has 4 rings (SSSR count). The van der Waals surface area contributed by atoms with Crippen LogP contribution in [-0.4, -0.2) is 20.4 Å². The minimum atomic E-state index is -0.0317. The molecule has 0 fully saturated rings. The van der Waals surface area contributed by atoms with Crippen molar-refractivity contribution in [1.29, 1.82) is 0 Å². The summed E-state index contributed by atoms with van der Waals surface area (Å²) >= 11 is 5.12. The zero-order valence-electron chi connectivity index (χ0n) is 14.4. The zero-order valence-corrected chi connectivity index (χ0v) is 16.8. The maximum Gasteiger partial charge on any atom is 0.224 e. The van der Waals surface area contributed by atoms with Gasteiger partial charge in [0.1, 0.15) is 11.3 Å². The van der Waals surface area contributed by atoms with E-state index in [1.54, 1.807) is 17.5 Å². The van der Waals surface area contributed by atoms with E-state index in [-0.39, 0.29) is 5.91 Å². The van der Waals surface area contributed by atoms with E-state index in [1.165, 1.54) is 4.88 Å². The molecule has 0 saturated carbocycles. The molecule has 27 heavy (non-hydrogen) atoms. The second-order valence-electron chi connectivity index (χ2n) is 6.10. The van der Waals surface area contributed by atoms with Crippen molar-refractivity contribution < 1.29 is 4.79 Å². The molecule has 1 amide bonds. The molecule has 4 aromatic rings. The van der Waals surface area contributed by atoms with Gasteiger partial charge in [-0.2, -0.15) is 0 Å². The molecule has 0 aliphatic rings. The fourth-order valence-electron chi connectivity index (χ4n) is 2.94. The third kappa shape index (κ3) is 4.26. The molecule has 0 bridgehead atoms. The first-order valence-electron chi connectivity index (χ1n) is 8.57. The van der Waals surface area contributed by atoms with Crippen LogP contribution in [-0.2, 0) is 17.8 Å². The number of nitrogens with zero attached hydrogens (tertiary/aromatic N) is 3. The summed E-state index contributed by atoms with van der Waals surface area (Å²) in [6.45, 7) is 0.716. The summed E-state index contributed by atoms with van der Waals surface area (Å²) in [6, 6.07) is 15.6. The van der Waals surface area contributed by atoms with Gasteiger partial charge in [0.15, 0.2) is 5.65 Å². The van der Waals surface area contributed by atoms with E-state index in [9.17, 15) is 4.79 Å². The lowest BCUT2D eigenvalue weighted by Crippen LogP contribution is -2.14. The molecule has 1 aromatic carbocycles. The third-order valence-corrected chi connectivity index (χ3v) is 5.52. The van der Waals surface area contributed by atoms with Crippen molar-refractivity contribution in [2.45, 2.75) is 19.4 Å². The van der Waals surface area contributed by atoms with E-state index in [1.807, 2.05) is 42.5 Å². The number of carbonyl (C=O) groups excluding carboxylic acids is 1. The molecular formula is C20H17BrN4OS. The third-order valence-electron chi connectivity index (χ3n) is 4.16. The molecule has 0 radical (unpaired) electrons. The number of carbonyl (C=O) groups is 1. The Bertz CT molecular complexity index is 1070. The monoisotopic (exact) mass is 440 g/mol. The maximum absolute atomic E-state index is 12.4. The lowest BCUT2D eigenvalue weighted by atomic mass is 10.2. The average Bonchev–Trinajstić information content (AvgIpc) is 3.29. The largest absolute Gasteiger partial charge is 0.326 e. The Morgan fingerprint density at radius 3 is 2.93 bits per heavy atom. The summed E-state index contributed by atoms with van der Waals surface area (Å²) < 4.78 is 3.04. The highest BCUT2D eigenvalue weighted by atomic mass is 79.9. The van der Waals surface area contributed by atoms with Crippen molar-refractivity contribution in [3.05, 3.63) is 75.3 Å². The molecule has 136 valence electrons. The van der Waals surface area contributed by atoms with Gasteiger partial charge < -0.3 is 9.88 Å². The van der Waals surface area contributed by atoms with Gasteiger partial charge >= 0.3 is 0 Å². The number of fused-ring (bicyclic) bond motifs is 1. The summed E-state index contributed by atoms with van der Waals surface area (Å²) in [6.07, 6.45) is 2.69. The lowest BCUT2D eigenvalue weighted by molar-refractivity contribution is -0.116. The van der Waals surface area contributed by atoms with Crippen LogP contribution in [0, 0.1) is 0 Å². The van der Waals surface area contributed by atoms with Crippen LogP contribution in [0.1, 0.15) is 17.1 Å². The van der Waals surface area contributed by atoms with E-state index < -0.39 is 0 Å². The van der Waals surface area contributed by atoms with E-state index in [4.69, 9.17) is 4.98 Å². The summed E-state index contributed by atoms with van der Waals surface area (Å²) in [5.41, 5.74) is 2.49. The topological polar surface area (TPSA) is 59.8 Å². The van der Waals surface area contributed by atoms with Crippen molar-refractivity contribution in [3.63, 3.8) is 0 Å². The minimum Gasteiger partial charge on any atom is -0.326 e. The number of hydrogen-bond donors (Lipinski definition) is 1. The normalized spacial score (nSPS) is 11.0. The highest BCUT2D eigenvalue weighted by Gasteiger charge is 2.14. The summed E-state index contributed by atoms with van der Waals surface area (Å²) in [5.74, 6) is 0.845. The predicted octanol–water partition coefficient (Wildman–Crippen LogP) is 4.87. The molecule has 3 aromatic heterocycles. The Morgan fingerprint density at radius 2 is 2.11 bits per heavy atom. The van der Waals surface area contributed by atoms with E-state index in [2.05, 4.69) is 42.2 Å². The minimum absolute atomic E-state index is 0.0317. The fraction of sp³-hybridized carbons (Fsp3) is 0.150. The Morgan fingerprint density at radius 1 is 1.19 bits per heavy atom. The van der Waals surface area contributed by atoms with Crippen molar-refractivity contribution in [2.75, 3.05) is 5.32 Å². The van der Waals surface area contributed by atoms with Gasteiger partial charge in [0.05, 0.1) is 6.54 Å². The van der Waals surface area contributed by atoms with Crippen molar-refractivity contribution >= 4 is 50.0 Å². The number of aromatic nitrogens is 3. The van der Waals surface area contributed by atoms with E-state index in [0.29, 0.717) is 19.4 Å². The number of anilines is 1. The van der Waals surface area contributed by atoms with Gasteiger partial charge in [0.25, 0.3) is 0 Å². The van der Waals surface area contributed by atoms with Crippen molar-refractivity contribution in [3.8, 4) is 0 Å². The maximum atomic E-state index is 12.4. The van der Waals surface area contributed by atoms with Crippen LogP contribution in [0.4, 0.5) is 5.69 Å². The highest BCUT2D eigenvalue weighted by Crippen LogP contribution is 2.20. The molecule has 0 spiro atoms. The van der Waals surface area contributed by atoms with Crippen LogP contribution >= 0.6 is 27.3 Å². The molecule has 0 atom stereocenters. The standard InChI is InChI=1S/C20H17BrN4OS/c21-14-4-1-5-15(12-14)23-19(26)9-8-18-24-17-7-2-10-22-20(17)25(18)13-16-6-3-11-27-16/h1-7,10-12H,8-9,13H2,(H,23,26). The van der Waals surface area contributed by atoms with Crippen LogP contribution in [0.25, 0.3) is 11.2 Å². The number of imidazole rings is 1. The zero-order chi connectivity index (χ0) is 18.6. The molecule has 0 saturated heterocycles. The SMILES string of the molecule is O=C(CCc1nc2cccnc2n1Cc1cccs1)Nc1cccc(Br)c1. The van der Waals surface area contributed by atoms with Crippen LogP contribution in [0.3, 0.4) is 0 Å². The molecule has 5 nitrogen and oxygen atoms in total. The number of nitrogens with one attached hydrogen (secondary N) is 1. The first kappa shape index (κ1) is 17.9. The first-order chi connectivity index (χ1) is 13.2. The predicted molar refractivity (Wildman–Crippen MR) is 112 cm³/mol. The van der Waals surface area contributed by atoms with Crippen LogP contribution < -0.4 is 5.32 Å².